The number of hydrogen-bond donors (Lipinski definition) is 2. The number of aryl methyl sites for hydroxylation is 1. The second kappa shape index (κ2) is 7.18. The van der Waals surface area contributed by atoms with Gasteiger partial charge in [-0.1, -0.05) is 36.8 Å². The van der Waals surface area contributed by atoms with Crippen LogP contribution in [-0.4, -0.2) is 28.6 Å². The SMILES string of the molecule is Cc1cccc(-c2cncc(C(=O)NC(C)C(C)CO)c2)c1. The molecule has 0 aliphatic heterocycles. The van der Waals surface area contributed by atoms with Crippen LogP contribution in [0.4, 0.5) is 0 Å². The second-order valence-electron chi connectivity index (χ2n) is 5.75. The molecule has 116 valence electrons. The zero-order chi connectivity index (χ0) is 16.1. The Morgan fingerprint density at radius 2 is 2.00 bits per heavy atom. The predicted molar refractivity (Wildman–Crippen MR) is 87.6 cm³/mol. The Kier molecular flexibility index (Phi) is 5.28. The van der Waals surface area contributed by atoms with E-state index >= 15 is 0 Å². The first-order valence-electron chi connectivity index (χ1n) is 7.45. The number of amides is 1. The third kappa shape index (κ3) is 3.92. The van der Waals surface area contributed by atoms with Crippen LogP contribution in [0, 0.1) is 12.8 Å². The van der Waals surface area contributed by atoms with Crippen LogP contribution in [0.25, 0.3) is 11.1 Å². The summed E-state index contributed by atoms with van der Waals surface area (Å²) in [4.78, 5) is 16.5. The van der Waals surface area contributed by atoms with E-state index in [1.807, 2.05) is 45.0 Å². The Balaban J connectivity index is 2.19. The summed E-state index contributed by atoms with van der Waals surface area (Å²) in [5, 5.41) is 12.0. The molecule has 1 heterocycles. The van der Waals surface area contributed by atoms with Gasteiger partial charge in [-0.25, -0.2) is 0 Å². The molecule has 0 aliphatic carbocycles. The van der Waals surface area contributed by atoms with Crippen molar-refractivity contribution in [1.82, 2.24) is 10.3 Å². The smallest absolute Gasteiger partial charge is 0.253 e. The molecule has 4 heteroatoms. The zero-order valence-corrected chi connectivity index (χ0v) is 13.2. The molecule has 1 aromatic heterocycles. The molecular weight excluding hydrogens is 276 g/mol. The van der Waals surface area contributed by atoms with Gasteiger partial charge in [0.25, 0.3) is 5.91 Å². The summed E-state index contributed by atoms with van der Waals surface area (Å²) in [6.07, 6.45) is 3.32. The Morgan fingerprint density at radius 1 is 1.23 bits per heavy atom. The Bertz CT molecular complexity index is 655. The summed E-state index contributed by atoms with van der Waals surface area (Å²) in [5.41, 5.74) is 3.65. The highest BCUT2D eigenvalue weighted by Gasteiger charge is 2.15. The number of carbonyl (C=O) groups excluding carboxylic acids is 1. The van der Waals surface area contributed by atoms with Crippen LogP contribution < -0.4 is 5.32 Å². The maximum atomic E-state index is 12.3. The highest BCUT2D eigenvalue weighted by Crippen LogP contribution is 2.20. The highest BCUT2D eigenvalue weighted by atomic mass is 16.3. The number of rotatable bonds is 5. The fourth-order valence-corrected chi connectivity index (χ4v) is 2.14. The average Bonchev–Trinajstić information content (AvgIpc) is 2.54. The lowest BCUT2D eigenvalue weighted by Crippen LogP contribution is -2.38. The van der Waals surface area contributed by atoms with Crippen molar-refractivity contribution in [2.75, 3.05) is 6.61 Å². The van der Waals surface area contributed by atoms with Crippen LogP contribution in [-0.2, 0) is 0 Å². The number of nitrogens with one attached hydrogen (secondary N) is 1. The van der Waals surface area contributed by atoms with Crippen molar-refractivity contribution >= 4 is 5.91 Å². The topological polar surface area (TPSA) is 62.2 Å². The number of carbonyl (C=O) groups is 1. The fourth-order valence-electron chi connectivity index (χ4n) is 2.14. The van der Waals surface area contributed by atoms with Gasteiger partial charge < -0.3 is 10.4 Å². The van der Waals surface area contributed by atoms with Crippen molar-refractivity contribution < 1.29 is 9.90 Å². The highest BCUT2D eigenvalue weighted by molar-refractivity contribution is 5.95. The summed E-state index contributed by atoms with van der Waals surface area (Å²) < 4.78 is 0. The van der Waals surface area contributed by atoms with Crippen LogP contribution in [0.1, 0.15) is 29.8 Å². The fraction of sp³-hybridized carbons (Fsp3) is 0.333. The van der Waals surface area contributed by atoms with E-state index in [1.54, 1.807) is 12.4 Å². The van der Waals surface area contributed by atoms with Gasteiger partial charge in [-0.05, 0) is 31.4 Å². The van der Waals surface area contributed by atoms with Crippen LogP contribution in [0.2, 0.25) is 0 Å². The lowest BCUT2D eigenvalue weighted by Gasteiger charge is -2.19. The van der Waals surface area contributed by atoms with Crippen molar-refractivity contribution in [1.29, 1.82) is 0 Å². The molecule has 0 fully saturated rings. The molecule has 0 bridgehead atoms. The quantitative estimate of drug-likeness (QED) is 0.892. The molecule has 1 aromatic carbocycles. The second-order valence-corrected chi connectivity index (χ2v) is 5.75. The first kappa shape index (κ1) is 16.2. The lowest BCUT2D eigenvalue weighted by atomic mass is 10.0. The number of pyridine rings is 1. The van der Waals surface area contributed by atoms with Crippen LogP contribution >= 0.6 is 0 Å². The number of aromatic nitrogens is 1. The van der Waals surface area contributed by atoms with E-state index in [0.29, 0.717) is 5.56 Å². The number of hydrogen-bond acceptors (Lipinski definition) is 3. The van der Waals surface area contributed by atoms with Gasteiger partial charge in [0, 0.05) is 30.6 Å². The number of nitrogens with zero attached hydrogens (tertiary/aromatic N) is 1. The summed E-state index contributed by atoms with van der Waals surface area (Å²) in [6.45, 7) is 5.86. The maximum absolute atomic E-state index is 12.3. The standard InChI is InChI=1S/C18H22N2O2/c1-12-5-4-6-15(7-12)16-8-17(10-19-9-16)18(22)20-14(3)13(2)11-21/h4-10,13-14,21H,11H2,1-3H3,(H,20,22). The van der Waals surface area contributed by atoms with Crippen LogP contribution in [0.5, 0.6) is 0 Å². The van der Waals surface area contributed by atoms with Crippen LogP contribution in [0.3, 0.4) is 0 Å². The van der Waals surface area contributed by atoms with Crippen molar-refractivity contribution in [2.45, 2.75) is 26.8 Å². The Labute approximate surface area is 131 Å². The number of aliphatic hydroxyl groups is 1. The molecule has 2 atom stereocenters. The molecule has 0 saturated heterocycles. The van der Waals surface area contributed by atoms with E-state index in [1.165, 1.54) is 0 Å². The zero-order valence-electron chi connectivity index (χ0n) is 13.2. The molecule has 0 spiro atoms. The first-order chi connectivity index (χ1) is 10.5. The molecule has 0 aliphatic rings. The monoisotopic (exact) mass is 298 g/mol. The lowest BCUT2D eigenvalue weighted by molar-refractivity contribution is 0.0916. The van der Waals surface area contributed by atoms with E-state index in [2.05, 4.69) is 16.4 Å². The molecule has 22 heavy (non-hydrogen) atoms. The van der Waals surface area contributed by atoms with Crippen molar-refractivity contribution in [3.8, 4) is 11.1 Å². The third-order valence-electron chi connectivity index (χ3n) is 3.85. The number of aliphatic hydroxyl groups excluding tert-OH is 1. The summed E-state index contributed by atoms with van der Waals surface area (Å²) >= 11 is 0. The third-order valence-corrected chi connectivity index (χ3v) is 3.85. The maximum Gasteiger partial charge on any atom is 0.253 e. The van der Waals surface area contributed by atoms with Gasteiger partial charge in [0.2, 0.25) is 0 Å². The van der Waals surface area contributed by atoms with E-state index in [9.17, 15) is 4.79 Å². The van der Waals surface area contributed by atoms with Gasteiger partial charge in [0.05, 0.1) is 5.56 Å². The van der Waals surface area contributed by atoms with E-state index in [0.717, 1.165) is 16.7 Å². The first-order valence-corrected chi connectivity index (χ1v) is 7.45. The minimum atomic E-state index is -0.171. The Hall–Kier alpha value is -2.20. The van der Waals surface area contributed by atoms with Gasteiger partial charge >= 0.3 is 0 Å². The molecule has 2 N–H and O–H groups in total. The van der Waals surface area contributed by atoms with E-state index in [4.69, 9.17) is 5.11 Å². The van der Waals surface area contributed by atoms with Gasteiger partial charge in [-0.3, -0.25) is 9.78 Å². The van der Waals surface area contributed by atoms with Crippen molar-refractivity contribution in [3.63, 3.8) is 0 Å². The minimum Gasteiger partial charge on any atom is -0.396 e. The molecule has 0 radical (unpaired) electrons. The van der Waals surface area contributed by atoms with Crippen LogP contribution in [0.15, 0.2) is 42.7 Å². The molecule has 2 unspecified atom stereocenters. The summed E-state index contributed by atoms with van der Waals surface area (Å²) in [6, 6.07) is 9.83. The summed E-state index contributed by atoms with van der Waals surface area (Å²) in [5.74, 6) is -0.160. The minimum absolute atomic E-state index is 0.0110. The molecule has 1 amide bonds. The molecule has 0 saturated carbocycles. The molecule has 2 aromatic rings. The largest absolute Gasteiger partial charge is 0.396 e. The molecular formula is C18H22N2O2. The van der Waals surface area contributed by atoms with Crippen molar-refractivity contribution in [2.24, 2.45) is 5.92 Å². The Morgan fingerprint density at radius 3 is 2.68 bits per heavy atom. The normalized spacial score (nSPS) is 13.5. The molecule has 2 rings (SSSR count). The predicted octanol–water partition coefficient (Wildman–Crippen LogP) is 2.80. The van der Waals surface area contributed by atoms with E-state index < -0.39 is 0 Å². The van der Waals surface area contributed by atoms with Gasteiger partial charge in [0.15, 0.2) is 0 Å². The average molecular weight is 298 g/mol. The van der Waals surface area contributed by atoms with Crippen molar-refractivity contribution in [3.05, 3.63) is 53.9 Å². The molecule has 4 nitrogen and oxygen atoms in total. The number of benzene rings is 1. The van der Waals surface area contributed by atoms with Gasteiger partial charge in [-0.2, -0.15) is 0 Å². The van der Waals surface area contributed by atoms with Gasteiger partial charge in [0.1, 0.15) is 0 Å². The van der Waals surface area contributed by atoms with E-state index in [-0.39, 0.29) is 24.5 Å². The summed E-state index contributed by atoms with van der Waals surface area (Å²) in [7, 11) is 0. The van der Waals surface area contributed by atoms with Gasteiger partial charge in [-0.15, -0.1) is 0 Å².